The minimum Gasteiger partial charge on any atom is -0.379 e. The summed E-state index contributed by atoms with van der Waals surface area (Å²) in [6.07, 6.45) is 1.47. The van der Waals surface area contributed by atoms with Crippen molar-refractivity contribution in [2.45, 2.75) is 33.2 Å². The van der Waals surface area contributed by atoms with Gasteiger partial charge < -0.3 is 15.4 Å². The van der Waals surface area contributed by atoms with Crippen molar-refractivity contribution in [2.24, 2.45) is 0 Å². The van der Waals surface area contributed by atoms with Gasteiger partial charge in [0.05, 0.1) is 25.5 Å². The Balaban J connectivity index is 1.82. The Morgan fingerprint density at radius 1 is 1.21 bits per heavy atom. The quantitative estimate of drug-likeness (QED) is 0.652. The lowest BCUT2D eigenvalue weighted by Gasteiger charge is -2.26. The van der Waals surface area contributed by atoms with Crippen molar-refractivity contribution >= 4 is 6.03 Å². The third-order valence-corrected chi connectivity index (χ3v) is 4.21. The molecule has 0 atom stereocenters. The number of urea groups is 1. The Labute approximate surface area is 142 Å². The molecule has 24 heavy (non-hydrogen) atoms. The van der Waals surface area contributed by atoms with Crippen molar-refractivity contribution in [3.63, 3.8) is 0 Å². The zero-order chi connectivity index (χ0) is 17.4. The van der Waals surface area contributed by atoms with Crippen LogP contribution in [0.2, 0.25) is 0 Å². The maximum atomic E-state index is 12.0. The van der Waals surface area contributed by atoms with Crippen molar-refractivity contribution in [1.82, 2.24) is 25.7 Å². The summed E-state index contributed by atoms with van der Waals surface area (Å²) in [6.45, 7) is 8.85. The number of amides is 2. The smallest absolute Gasteiger partial charge is 0.315 e. The minimum atomic E-state index is -0.264. The fourth-order valence-corrected chi connectivity index (χ4v) is 2.84. The third-order valence-electron chi connectivity index (χ3n) is 4.21. The summed E-state index contributed by atoms with van der Waals surface area (Å²) in [5.74, 6) is 0. The molecule has 2 rings (SSSR count). The molecule has 2 heterocycles. The second-order valence-electron chi connectivity index (χ2n) is 5.73. The van der Waals surface area contributed by atoms with Crippen LogP contribution in [-0.2, 0) is 24.1 Å². The molecule has 1 fully saturated rings. The molecular weight excluding hydrogens is 310 g/mol. The number of hydrogen-bond acceptors (Lipinski definition) is 5. The van der Waals surface area contributed by atoms with Gasteiger partial charge in [0.25, 0.3) is 5.56 Å². The molecule has 1 aromatic rings. The normalized spacial score (nSPS) is 15.2. The molecule has 134 valence electrons. The Kier molecular flexibility index (Phi) is 7.20. The number of aromatic amines is 1. The molecule has 8 heteroatoms. The average molecular weight is 337 g/mol. The fourth-order valence-electron chi connectivity index (χ4n) is 2.84. The summed E-state index contributed by atoms with van der Waals surface area (Å²) in [7, 11) is 0. The first-order chi connectivity index (χ1) is 11.7. The van der Waals surface area contributed by atoms with E-state index < -0.39 is 0 Å². The van der Waals surface area contributed by atoms with Gasteiger partial charge in [-0.25, -0.2) is 9.89 Å². The van der Waals surface area contributed by atoms with Crippen molar-refractivity contribution < 1.29 is 9.53 Å². The van der Waals surface area contributed by atoms with Crippen LogP contribution in [0.1, 0.15) is 30.7 Å². The topological polar surface area (TPSA) is 99.3 Å². The maximum absolute atomic E-state index is 12.0. The van der Waals surface area contributed by atoms with Gasteiger partial charge in [-0.3, -0.25) is 9.69 Å². The van der Waals surface area contributed by atoms with Crippen LogP contribution in [0.5, 0.6) is 0 Å². The zero-order valence-corrected chi connectivity index (χ0v) is 14.5. The number of H-pyrrole nitrogens is 1. The highest BCUT2D eigenvalue weighted by Gasteiger charge is 2.13. The Morgan fingerprint density at radius 2 is 1.96 bits per heavy atom. The molecule has 1 saturated heterocycles. The molecule has 0 aliphatic carbocycles. The first kappa shape index (κ1) is 18.4. The summed E-state index contributed by atoms with van der Waals surface area (Å²) >= 11 is 0. The van der Waals surface area contributed by atoms with Crippen molar-refractivity contribution in [1.29, 1.82) is 0 Å². The molecule has 8 nitrogen and oxygen atoms in total. The van der Waals surface area contributed by atoms with Gasteiger partial charge in [0.15, 0.2) is 0 Å². The van der Waals surface area contributed by atoms with Crippen LogP contribution in [-0.4, -0.2) is 60.5 Å². The van der Waals surface area contributed by atoms with Crippen LogP contribution in [0.25, 0.3) is 0 Å². The van der Waals surface area contributed by atoms with Gasteiger partial charge in [-0.15, -0.1) is 0 Å². The molecule has 1 aliphatic heterocycles. The summed E-state index contributed by atoms with van der Waals surface area (Å²) in [4.78, 5) is 26.2. The molecule has 0 radical (unpaired) electrons. The van der Waals surface area contributed by atoms with E-state index in [9.17, 15) is 9.59 Å². The number of ether oxygens (including phenoxy) is 1. The van der Waals surface area contributed by atoms with E-state index >= 15 is 0 Å². The highest BCUT2D eigenvalue weighted by atomic mass is 16.5. The van der Waals surface area contributed by atoms with E-state index in [4.69, 9.17) is 4.74 Å². The van der Waals surface area contributed by atoms with Crippen LogP contribution in [0.15, 0.2) is 4.79 Å². The van der Waals surface area contributed by atoms with Crippen LogP contribution in [0, 0.1) is 0 Å². The Bertz CT molecular complexity index is 596. The molecular formula is C16H27N5O3. The molecule has 1 aromatic heterocycles. The van der Waals surface area contributed by atoms with Gasteiger partial charge in [-0.2, -0.15) is 5.10 Å². The van der Waals surface area contributed by atoms with Crippen LogP contribution in [0.3, 0.4) is 0 Å². The van der Waals surface area contributed by atoms with Crippen LogP contribution >= 0.6 is 0 Å². The van der Waals surface area contributed by atoms with Gasteiger partial charge in [-0.05, 0) is 18.4 Å². The van der Waals surface area contributed by atoms with Gasteiger partial charge in [-0.1, -0.05) is 13.8 Å². The second-order valence-corrected chi connectivity index (χ2v) is 5.73. The lowest BCUT2D eigenvalue weighted by molar-refractivity contribution is 0.0387. The van der Waals surface area contributed by atoms with Gasteiger partial charge in [0.2, 0.25) is 0 Å². The summed E-state index contributed by atoms with van der Waals surface area (Å²) in [5.41, 5.74) is 2.15. The number of rotatable bonds is 7. The van der Waals surface area contributed by atoms with E-state index in [1.165, 1.54) is 0 Å². The maximum Gasteiger partial charge on any atom is 0.315 e. The number of aromatic nitrogens is 2. The summed E-state index contributed by atoms with van der Waals surface area (Å²) in [5, 5.41) is 12.2. The average Bonchev–Trinajstić information content (AvgIpc) is 2.61. The number of nitrogens with one attached hydrogen (secondary N) is 3. The molecule has 0 spiro atoms. The molecule has 1 aliphatic rings. The summed E-state index contributed by atoms with van der Waals surface area (Å²) < 4.78 is 5.29. The van der Waals surface area contributed by atoms with Crippen molar-refractivity contribution in [3.8, 4) is 0 Å². The predicted molar refractivity (Wildman–Crippen MR) is 91.1 cm³/mol. The predicted octanol–water partition coefficient (Wildman–Crippen LogP) is 0.0261. The van der Waals surface area contributed by atoms with Crippen LogP contribution < -0.4 is 16.2 Å². The van der Waals surface area contributed by atoms with E-state index in [-0.39, 0.29) is 18.1 Å². The largest absolute Gasteiger partial charge is 0.379 e. The van der Waals surface area contributed by atoms with E-state index in [1.54, 1.807) is 0 Å². The molecule has 0 unspecified atom stereocenters. The van der Waals surface area contributed by atoms with Crippen molar-refractivity contribution in [2.75, 3.05) is 39.4 Å². The highest BCUT2D eigenvalue weighted by Crippen LogP contribution is 2.09. The lowest BCUT2D eigenvalue weighted by atomic mass is 10.0. The van der Waals surface area contributed by atoms with E-state index in [0.29, 0.717) is 12.1 Å². The van der Waals surface area contributed by atoms with E-state index in [2.05, 4.69) is 25.7 Å². The monoisotopic (exact) mass is 337 g/mol. The van der Waals surface area contributed by atoms with E-state index in [1.807, 2.05) is 13.8 Å². The number of carbonyl (C=O) groups excluding carboxylic acids is 1. The number of hydrogen-bond donors (Lipinski definition) is 3. The SMILES string of the molecule is CCc1n[nH]c(=O)c(CNC(=O)NCCN2CCOCC2)c1CC. The Morgan fingerprint density at radius 3 is 2.62 bits per heavy atom. The fraction of sp³-hybridized carbons (Fsp3) is 0.688. The first-order valence-corrected chi connectivity index (χ1v) is 8.56. The first-order valence-electron chi connectivity index (χ1n) is 8.56. The number of aryl methyl sites for hydroxylation is 1. The zero-order valence-electron chi connectivity index (χ0n) is 14.5. The molecule has 0 aromatic carbocycles. The molecule has 0 bridgehead atoms. The molecule has 0 saturated carbocycles. The molecule has 3 N–H and O–H groups in total. The van der Waals surface area contributed by atoms with E-state index in [0.717, 1.165) is 56.9 Å². The number of nitrogens with zero attached hydrogens (tertiary/aromatic N) is 2. The van der Waals surface area contributed by atoms with Gasteiger partial charge in [0.1, 0.15) is 0 Å². The van der Waals surface area contributed by atoms with Gasteiger partial charge in [0, 0.05) is 31.7 Å². The highest BCUT2D eigenvalue weighted by molar-refractivity contribution is 5.73. The van der Waals surface area contributed by atoms with Gasteiger partial charge >= 0.3 is 6.03 Å². The minimum absolute atomic E-state index is 0.206. The van der Waals surface area contributed by atoms with Crippen molar-refractivity contribution in [3.05, 3.63) is 27.2 Å². The standard InChI is InChI=1S/C16H27N5O3/c1-3-12-13(15(22)20-19-14(12)4-2)11-18-16(23)17-5-6-21-7-9-24-10-8-21/h3-11H2,1-2H3,(H,20,22)(H2,17,18,23). The molecule has 2 amide bonds. The lowest BCUT2D eigenvalue weighted by Crippen LogP contribution is -2.44. The summed E-state index contributed by atoms with van der Waals surface area (Å²) in [6, 6.07) is -0.264. The number of morpholine rings is 1. The second kappa shape index (κ2) is 9.39. The van der Waals surface area contributed by atoms with Crippen LogP contribution in [0.4, 0.5) is 4.79 Å². The Hall–Kier alpha value is -1.93. The number of carbonyl (C=O) groups is 1. The third kappa shape index (κ3) is 5.04.